The van der Waals surface area contributed by atoms with Crippen molar-refractivity contribution in [3.8, 4) is 0 Å². The van der Waals surface area contributed by atoms with Crippen LogP contribution in [0.15, 0.2) is 42.5 Å². The zero-order chi connectivity index (χ0) is 32.1. The minimum atomic E-state index is -1.19. The zero-order valence-electron chi connectivity index (χ0n) is 27.0. The summed E-state index contributed by atoms with van der Waals surface area (Å²) in [6.07, 6.45) is 3.46. The van der Waals surface area contributed by atoms with Gasteiger partial charge >= 0.3 is 12.1 Å². The molecule has 5 rings (SSSR count). The number of carbonyl (C=O) groups excluding carboxylic acids is 1. The van der Waals surface area contributed by atoms with Gasteiger partial charge in [0.1, 0.15) is 29.9 Å². The molecular formula is C34H45N7O4. The molecule has 3 aromatic rings. The molecule has 1 aromatic carbocycles. The molecule has 4 heterocycles. The Morgan fingerprint density at radius 3 is 2.51 bits per heavy atom. The molecule has 1 atom stereocenters. The van der Waals surface area contributed by atoms with E-state index in [2.05, 4.69) is 32.7 Å². The summed E-state index contributed by atoms with van der Waals surface area (Å²) in [5.74, 6) is 2.27. The minimum absolute atomic E-state index is 0.0513. The maximum Gasteiger partial charge on any atom is 0.411 e. The Morgan fingerprint density at radius 2 is 1.82 bits per heavy atom. The number of carbonyl (C=O) groups is 2. The lowest BCUT2D eigenvalue weighted by Gasteiger charge is -2.39. The molecule has 1 fully saturated rings. The Labute approximate surface area is 265 Å². The molecule has 11 heteroatoms. The number of aliphatic carboxylic acids is 1. The lowest BCUT2D eigenvalue weighted by Crippen LogP contribution is -2.57. The monoisotopic (exact) mass is 615 g/mol. The number of nitrogens with one attached hydrogen (secondary N) is 2. The van der Waals surface area contributed by atoms with Crippen molar-refractivity contribution in [3.63, 3.8) is 0 Å². The first-order valence-corrected chi connectivity index (χ1v) is 15.8. The van der Waals surface area contributed by atoms with Crippen LogP contribution in [0.25, 0.3) is 0 Å². The molecule has 2 aliphatic heterocycles. The molecule has 45 heavy (non-hydrogen) atoms. The summed E-state index contributed by atoms with van der Waals surface area (Å²) < 4.78 is 5.56. The van der Waals surface area contributed by atoms with E-state index in [1.807, 2.05) is 44.2 Å². The third-order valence-corrected chi connectivity index (χ3v) is 8.54. The van der Waals surface area contributed by atoms with Crippen molar-refractivity contribution in [1.29, 1.82) is 0 Å². The Hall–Kier alpha value is -4.41. The first-order chi connectivity index (χ1) is 21.5. The normalized spacial score (nSPS) is 15.9. The first kappa shape index (κ1) is 32.0. The smallest absolute Gasteiger partial charge is 0.411 e. The van der Waals surface area contributed by atoms with E-state index in [0.717, 1.165) is 73.8 Å². The van der Waals surface area contributed by atoms with E-state index in [0.29, 0.717) is 17.6 Å². The molecular weight excluding hydrogens is 570 g/mol. The molecule has 2 aromatic heterocycles. The molecule has 0 bridgehead atoms. The number of aromatic nitrogens is 3. The summed E-state index contributed by atoms with van der Waals surface area (Å²) >= 11 is 0. The number of hydrogen-bond donors (Lipinski definition) is 3. The van der Waals surface area contributed by atoms with Crippen LogP contribution in [0.4, 0.5) is 22.2 Å². The van der Waals surface area contributed by atoms with E-state index < -0.39 is 23.6 Å². The molecule has 0 aliphatic carbocycles. The van der Waals surface area contributed by atoms with Crippen LogP contribution >= 0.6 is 0 Å². The van der Waals surface area contributed by atoms with Gasteiger partial charge in [0, 0.05) is 48.9 Å². The van der Waals surface area contributed by atoms with Crippen LogP contribution < -0.4 is 15.5 Å². The number of fused-ring (bicyclic) bond motifs is 1. The van der Waals surface area contributed by atoms with Gasteiger partial charge in [0.05, 0.1) is 0 Å². The maximum absolute atomic E-state index is 13.3. The van der Waals surface area contributed by atoms with Crippen molar-refractivity contribution in [3.05, 3.63) is 70.7 Å². The lowest BCUT2D eigenvalue weighted by atomic mass is 9.92. The minimum Gasteiger partial charge on any atom is -0.480 e. The Kier molecular flexibility index (Phi) is 9.74. The number of pyridine rings is 1. The molecule has 1 saturated heterocycles. The molecule has 11 nitrogen and oxygen atoms in total. The molecule has 1 amide bonds. The van der Waals surface area contributed by atoms with Crippen LogP contribution in [0, 0.1) is 13.8 Å². The fraction of sp³-hybridized carbons (Fsp3) is 0.500. The largest absolute Gasteiger partial charge is 0.480 e. The predicted molar refractivity (Wildman–Crippen MR) is 175 cm³/mol. The number of benzene rings is 1. The van der Waals surface area contributed by atoms with Gasteiger partial charge in [-0.05, 0) is 77.5 Å². The quantitative estimate of drug-likeness (QED) is 0.282. The van der Waals surface area contributed by atoms with Crippen LogP contribution in [0.5, 0.6) is 0 Å². The predicted octanol–water partition coefficient (Wildman–Crippen LogP) is 5.53. The van der Waals surface area contributed by atoms with Gasteiger partial charge in [-0.2, -0.15) is 0 Å². The number of aryl methyl sites for hydroxylation is 2. The number of piperidine rings is 1. The summed E-state index contributed by atoms with van der Waals surface area (Å²) in [6, 6.07) is 12.5. The topological polar surface area (TPSA) is 133 Å². The third kappa shape index (κ3) is 7.64. The molecule has 0 saturated carbocycles. The Morgan fingerprint density at radius 1 is 1.09 bits per heavy atom. The molecule has 0 unspecified atom stereocenters. The standard InChI is InChI=1S/C34H45N7O4/c1-22-29(36-20-28(32(42)43)41(34(3,4)5)33(44)45-21-24-10-7-6-8-11-24)37-23(2)38-31(22)40-18-15-25(16-19-40)27-14-13-26-12-9-17-35-30(26)39-27/h6-8,10-11,13-14,25,28H,9,12,15-21H2,1-5H3,(H,35,39)(H,42,43)(H,36,37,38)/t28-/m0/s1. The summed E-state index contributed by atoms with van der Waals surface area (Å²) in [4.78, 5) is 43.7. The number of hydrogen-bond acceptors (Lipinski definition) is 9. The second kappa shape index (κ2) is 13.7. The molecule has 2 aliphatic rings. The average molecular weight is 616 g/mol. The fourth-order valence-corrected chi connectivity index (χ4v) is 6.19. The van der Waals surface area contributed by atoms with E-state index in [9.17, 15) is 14.7 Å². The fourth-order valence-electron chi connectivity index (χ4n) is 6.19. The van der Waals surface area contributed by atoms with Gasteiger partial charge in [-0.25, -0.2) is 24.5 Å². The molecule has 0 radical (unpaired) electrons. The van der Waals surface area contributed by atoms with Gasteiger partial charge in [-0.1, -0.05) is 36.4 Å². The highest BCUT2D eigenvalue weighted by Crippen LogP contribution is 2.33. The summed E-state index contributed by atoms with van der Waals surface area (Å²) in [6.45, 7) is 11.8. The highest BCUT2D eigenvalue weighted by atomic mass is 16.6. The highest BCUT2D eigenvalue weighted by Gasteiger charge is 2.39. The highest BCUT2D eigenvalue weighted by molar-refractivity contribution is 5.81. The van der Waals surface area contributed by atoms with Gasteiger partial charge in [0.25, 0.3) is 0 Å². The van der Waals surface area contributed by atoms with Crippen LogP contribution in [0.2, 0.25) is 0 Å². The summed E-state index contributed by atoms with van der Waals surface area (Å²) in [5, 5.41) is 16.9. The zero-order valence-corrected chi connectivity index (χ0v) is 27.0. The number of carboxylic acid groups (broad SMARTS) is 1. The first-order valence-electron chi connectivity index (χ1n) is 15.8. The maximum atomic E-state index is 13.3. The van der Waals surface area contributed by atoms with E-state index in [1.165, 1.54) is 10.5 Å². The number of amides is 1. The second-order valence-electron chi connectivity index (χ2n) is 12.9. The van der Waals surface area contributed by atoms with Crippen molar-refractivity contribution in [1.82, 2.24) is 19.9 Å². The van der Waals surface area contributed by atoms with Gasteiger partial charge in [0.2, 0.25) is 0 Å². The van der Waals surface area contributed by atoms with E-state index in [1.54, 1.807) is 20.8 Å². The van der Waals surface area contributed by atoms with Crippen LogP contribution in [0.3, 0.4) is 0 Å². The average Bonchev–Trinajstić information content (AvgIpc) is 3.02. The Balaban J connectivity index is 1.27. The Bertz CT molecular complexity index is 1500. The van der Waals surface area contributed by atoms with Crippen molar-refractivity contribution in [2.45, 2.75) is 84.4 Å². The number of carboxylic acids is 1. The van der Waals surface area contributed by atoms with Crippen LogP contribution in [-0.4, -0.2) is 74.8 Å². The SMILES string of the molecule is Cc1nc(NC[C@@H](C(=O)O)N(C(=O)OCc2ccccc2)C(C)(C)C)c(C)c(N2CCC(c3ccc4c(n3)NCCC4)CC2)n1. The summed E-state index contributed by atoms with van der Waals surface area (Å²) in [7, 11) is 0. The number of ether oxygens (including phenoxy) is 1. The van der Waals surface area contributed by atoms with Crippen LogP contribution in [0.1, 0.15) is 74.2 Å². The van der Waals surface area contributed by atoms with Gasteiger partial charge in [0.15, 0.2) is 6.04 Å². The molecule has 3 N–H and O–H groups in total. The van der Waals surface area contributed by atoms with Gasteiger partial charge in [-0.15, -0.1) is 0 Å². The summed E-state index contributed by atoms with van der Waals surface area (Å²) in [5.41, 5.74) is 3.30. The molecule has 240 valence electrons. The van der Waals surface area contributed by atoms with Crippen molar-refractivity contribution in [2.24, 2.45) is 0 Å². The second-order valence-corrected chi connectivity index (χ2v) is 12.9. The van der Waals surface area contributed by atoms with E-state index in [-0.39, 0.29) is 13.2 Å². The van der Waals surface area contributed by atoms with Crippen molar-refractivity contribution >= 4 is 29.5 Å². The lowest BCUT2D eigenvalue weighted by molar-refractivity contribution is -0.144. The van der Waals surface area contributed by atoms with E-state index in [4.69, 9.17) is 14.7 Å². The van der Waals surface area contributed by atoms with Crippen molar-refractivity contribution in [2.75, 3.05) is 41.7 Å². The van der Waals surface area contributed by atoms with Crippen LogP contribution in [-0.2, 0) is 22.6 Å². The third-order valence-electron chi connectivity index (χ3n) is 8.54. The number of nitrogens with zero attached hydrogens (tertiary/aromatic N) is 5. The van der Waals surface area contributed by atoms with E-state index >= 15 is 0 Å². The van der Waals surface area contributed by atoms with Gasteiger partial charge < -0.3 is 25.4 Å². The van der Waals surface area contributed by atoms with Gasteiger partial charge in [-0.3, -0.25) is 4.90 Å². The number of rotatable bonds is 9. The molecule has 0 spiro atoms. The van der Waals surface area contributed by atoms with Crippen molar-refractivity contribution < 1.29 is 19.4 Å². The number of anilines is 3.